The first kappa shape index (κ1) is 36.1. The first-order chi connectivity index (χ1) is 14.7. The largest absolute Gasteiger partial charge is 1.00 e. The number of hydrogen-bond donors (Lipinski definition) is 2. The van der Waals surface area contributed by atoms with Gasteiger partial charge in [-0.25, -0.2) is 4.79 Å². The van der Waals surface area contributed by atoms with E-state index in [1.54, 1.807) is 0 Å². The van der Waals surface area contributed by atoms with Gasteiger partial charge < -0.3 is 14.6 Å². The van der Waals surface area contributed by atoms with Gasteiger partial charge in [-0.05, 0) is 12.5 Å². The second kappa shape index (κ2) is 26.8. The smallest absolute Gasteiger partial charge is 0.545 e. The van der Waals surface area contributed by atoms with Crippen LogP contribution in [-0.2, 0) is 24.7 Å². The summed E-state index contributed by atoms with van der Waals surface area (Å²) in [6, 6.07) is 0. The fraction of sp³-hybridized carbons (Fsp3) is 0.818. The van der Waals surface area contributed by atoms with E-state index in [0.717, 1.165) is 18.9 Å². The van der Waals surface area contributed by atoms with E-state index in [2.05, 4.69) is 6.92 Å². The van der Waals surface area contributed by atoms with Crippen LogP contribution in [0.15, 0.2) is 12.2 Å². The van der Waals surface area contributed by atoms with Crippen molar-refractivity contribution in [2.75, 3.05) is 6.61 Å². The van der Waals surface area contributed by atoms with Gasteiger partial charge in [0.15, 0.2) is 0 Å². The first-order valence-corrected chi connectivity index (χ1v) is 12.8. The molecule has 0 bridgehead atoms. The number of rotatable bonds is 19. The zero-order chi connectivity index (χ0) is 23.8. The molecule has 0 spiro atoms. The van der Waals surface area contributed by atoms with Crippen LogP contribution in [0.3, 0.4) is 0 Å². The van der Waals surface area contributed by atoms with Gasteiger partial charge in [0.25, 0.3) is 0 Å². The molecule has 0 saturated carbocycles. The Kier molecular flexibility index (Phi) is 30.3. The molecule has 0 saturated heterocycles. The summed E-state index contributed by atoms with van der Waals surface area (Å²) < 4.78 is 36.5. The van der Waals surface area contributed by atoms with Gasteiger partial charge in [0.2, 0.25) is 0 Å². The molecule has 0 atom stereocenters. The van der Waals surface area contributed by atoms with Crippen LogP contribution in [0.1, 0.15) is 110 Å². The predicted octanol–water partition coefficient (Wildman–Crippen LogP) is 1.45. The number of carboxylic acids is 1. The average molecular weight is 489 g/mol. The fourth-order valence-electron chi connectivity index (χ4n) is 3.01. The van der Waals surface area contributed by atoms with Crippen LogP contribution < -0.4 is 34.7 Å². The molecule has 0 heterocycles. The van der Waals surface area contributed by atoms with Crippen molar-refractivity contribution in [1.29, 1.82) is 0 Å². The summed E-state index contributed by atoms with van der Waals surface area (Å²) in [7, 11) is -4.67. The van der Waals surface area contributed by atoms with Crippen LogP contribution in [0.4, 0.5) is 0 Å². The number of carbonyl (C=O) groups excluding carboxylic acids is 2. The predicted molar refractivity (Wildman–Crippen MR) is 119 cm³/mol. The van der Waals surface area contributed by atoms with Crippen molar-refractivity contribution < 1.29 is 66.5 Å². The van der Waals surface area contributed by atoms with Gasteiger partial charge in [-0.2, -0.15) is 8.42 Å². The van der Waals surface area contributed by atoms with Crippen molar-refractivity contribution in [1.82, 2.24) is 0 Å². The number of unbranched alkanes of at least 4 members (excludes halogenated alkanes) is 15. The number of carbonyl (C=O) groups is 2. The molecule has 0 aromatic heterocycles. The minimum atomic E-state index is -4.67. The molecule has 0 rings (SSSR count). The zero-order valence-electron chi connectivity index (χ0n) is 19.9. The molecule has 0 aliphatic heterocycles. The third kappa shape index (κ3) is 43.4. The number of aliphatic carboxylic acids is 1. The van der Waals surface area contributed by atoms with Gasteiger partial charge >= 0.3 is 45.9 Å². The van der Waals surface area contributed by atoms with Crippen molar-refractivity contribution in [2.24, 2.45) is 0 Å². The summed E-state index contributed by atoms with van der Waals surface area (Å²) in [5, 5.41) is 10.1. The van der Waals surface area contributed by atoms with Gasteiger partial charge in [-0.3, -0.25) is 9.11 Å². The van der Waals surface area contributed by atoms with Crippen LogP contribution in [0.25, 0.3) is 0 Å². The van der Waals surface area contributed by atoms with E-state index < -0.39 is 22.3 Å². The Hall–Kier alpha value is -0.450. The van der Waals surface area contributed by atoms with Gasteiger partial charge in [-0.1, -0.05) is 103 Å². The molecular weight excluding hydrogens is 447 g/mol. The second-order valence-electron chi connectivity index (χ2n) is 7.57. The molecule has 0 aliphatic carbocycles. The Morgan fingerprint density at radius 1 is 0.719 bits per heavy atom. The molecule has 0 amide bonds. The Morgan fingerprint density at radius 3 is 1.34 bits per heavy atom. The SMILES string of the molecule is CCCCCCCCCCCCCCCCCCOC(=O)C=CC(=O)[O-].O=S(=O)(O)O.[Na+]. The van der Waals surface area contributed by atoms with E-state index in [1.807, 2.05) is 0 Å². The van der Waals surface area contributed by atoms with Gasteiger partial charge in [0.1, 0.15) is 0 Å². The fourth-order valence-corrected chi connectivity index (χ4v) is 3.01. The first-order valence-electron chi connectivity index (χ1n) is 11.4. The summed E-state index contributed by atoms with van der Waals surface area (Å²) in [6.45, 7) is 2.62. The monoisotopic (exact) mass is 488 g/mol. The second-order valence-corrected chi connectivity index (χ2v) is 8.47. The van der Waals surface area contributed by atoms with Crippen molar-refractivity contribution in [3.05, 3.63) is 12.2 Å². The Balaban J connectivity index is -0.00000125. The van der Waals surface area contributed by atoms with E-state index in [1.165, 1.54) is 89.9 Å². The molecule has 8 nitrogen and oxygen atoms in total. The summed E-state index contributed by atoms with van der Waals surface area (Å²) in [5.41, 5.74) is 0. The Morgan fingerprint density at radius 2 is 1.03 bits per heavy atom. The Bertz CT molecular complexity index is 556. The molecule has 184 valence electrons. The van der Waals surface area contributed by atoms with E-state index in [4.69, 9.17) is 22.3 Å². The summed E-state index contributed by atoms with van der Waals surface area (Å²) >= 11 is 0. The van der Waals surface area contributed by atoms with Gasteiger partial charge in [0.05, 0.1) is 12.6 Å². The van der Waals surface area contributed by atoms with Crippen LogP contribution in [0.2, 0.25) is 0 Å². The van der Waals surface area contributed by atoms with Gasteiger partial charge in [-0.15, -0.1) is 0 Å². The summed E-state index contributed by atoms with van der Waals surface area (Å²) in [6.07, 6.45) is 22.4. The van der Waals surface area contributed by atoms with Crippen LogP contribution >= 0.6 is 0 Å². The third-order valence-corrected chi connectivity index (χ3v) is 4.60. The number of esters is 1. The van der Waals surface area contributed by atoms with Crippen molar-refractivity contribution in [3.8, 4) is 0 Å². The molecule has 0 aromatic carbocycles. The van der Waals surface area contributed by atoms with E-state index >= 15 is 0 Å². The van der Waals surface area contributed by atoms with E-state index in [9.17, 15) is 14.7 Å². The van der Waals surface area contributed by atoms with Gasteiger partial charge in [0, 0.05) is 6.08 Å². The van der Waals surface area contributed by atoms with Crippen molar-refractivity contribution in [3.63, 3.8) is 0 Å². The topological polar surface area (TPSA) is 141 Å². The summed E-state index contributed by atoms with van der Waals surface area (Å²) in [5.74, 6) is -2.00. The van der Waals surface area contributed by atoms with Crippen molar-refractivity contribution >= 4 is 22.3 Å². The maximum atomic E-state index is 11.1. The summed E-state index contributed by atoms with van der Waals surface area (Å²) in [4.78, 5) is 21.2. The number of carboxylic acid groups (broad SMARTS) is 1. The molecule has 0 aromatic rings. The van der Waals surface area contributed by atoms with E-state index in [-0.39, 0.29) is 29.6 Å². The third-order valence-electron chi connectivity index (χ3n) is 4.60. The zero-order valence-corrected chi connectivity index (χ0v) is 22.7. The minimum Gasteiger partial charge on any atom is -0.545 e. The van der Waals surface area contributed by atoms with Crippen LogP contribution in [0.5, 0.6) is 0 Å². The van der Waals surface area contributed by atoms with Crippen LogP contribution in [0, 0.1) is 0 Å². The van der Waals surface area contributed by atoms with E-state index in [0.29, 0.717) is 12.7 Å². The molecule has 0 radical (unpaired) electrons. The molecule has 2 N–H and O–H groups in total. The molecule has 0 fully saturated rings. The molecule has 32 heavy (non-hydrogen) atoms. The number of ether oxygens (including phenoxy) is 1. The normalized spacial score (nSPS) is 10.8. The van der Waals surface area contributed by atoms with Crippen LogP contribution in [-0.4, -0.2) is 36.1 Å². The molecule has 10 heteroatoms. The standard InChI is InChI=1S/C22H40O4.Na.H2O4S/c1-2-3-4-5-6-7-8-9-10-11-12-13-14-15-16-17-20-26-22(25)19-18-21(23)24;;1-5(2,3)4/h18-19H,2-17,20H2,1H3,(H,23,24);;(H2,1,2,3,4)/q;+1;/p-1. The molecule has 0 unspecified atom stereocenters. The Labute approximate surface area is 216 Å². The molecular formula is C22H41NaO8S. The molecule has 0 aliphatic rings. The number of hydrogen-bond acceptors (Lipinski definition) is 6. The maximum Gasteiger partial charge on any atom is 1.00 e. The maximum absolute atomic E-state index is 11.1. The quantitative estimate of drug-likeness (QED) is 0.0915. The minimum absolute atomic E-state index is 0. The van der Waals surface area contributed by atoms with Crippen molar-refractivity contribution in [2.45, 2.75) is 110 Å². The average Bonchev–Trinajstić information content (AvgIpc) is 2.67.